The molecule has 2 rings (SSSR count). The summed E-state index contributed by atoms with van der Waals surface area (Å²) in [5.74, 6) is -1.29. The molecule has 0 saturated heterocycles. The summed E-state index contributed by atoms with van der Waals surface area (Å²) in [7, 11) is -3.83. The van der Waals surface area contributed by atoms with Crippen LogP contribution in [0.2, 0.25) is 5.02 Å². The van der Waals surface area contributed by atoms with Crippen molar-refractivity contribution in [2.45, 2.75) is 11.4 Å². The Balaban J connectivity index is 2.25. The van der Waals surface area contributed by atoms with Gasteiger partial charge < -0.3 is 10.1 Å². The molecule has 106 valence electrons. The maximum Gasteiger partial charge on any atom is 0.337 e. The topological polar surface area (TPSA) is 112 Å². The van der Waals surface area contributed by atoms with Gasteiger partial charge in [-0.25, -0.2) is 22.9 Å². The molecule has 7 nitrogen and oxygen atoms in total. The van der Waals surface area contributed by atoms with Gasteiger partial charge in [-0.1, -0.05) is 11.6 Å². The third kappa shape index (κ3) is 3.16. The lowest BCUT2D eigenvalue weighted by Crippen LogP contribution is -2.23. The molecule has 1 heterocycles. The minimum atomic E-state index is -3.83. The highest BCUT2D eigenvalue weighted by Gasteiger charge is 2.18. The van der Waals surface area contributed by atoms with E-state index in [1.807, 2.05) is 0 Å². The van der Waals surface area contributed by atoms with Crippen LogP contribution in [0.15, 0.2) is 35.6 Å². The normalized spacial score (nSPS) is 11.4. The van der Waals surface area contributed by atoms with E-state index < -0.39 is 16.0 Å². The quantitative estimate of drug-likeness (QED) is 0.768. The van der Waals surface area contributed by atoms with E-state index in [2.05, 4.69) is 14.7 Å². The molecule has 1 aromatic heterocycles. The molecule has 2 aromatic rings. The largest absolute Gasteiger partial charge is 0.478 e. The predicted molar refractivity (Wildman–Crippen MR) is 71.0 cm³/mol. The Labute approximate surface area is 119 Å². The number of aromatic amines is 1. The minimum absolute atomic E-state index is 0.0212. The molecule has 0 radical (unpaired) electrons. The van der Waals surface area contributed by atoms with Crippen LogP contribution in [0.4, 0.5) is 0 Å². The molecular weight excluding hydrogens is 306 g/mol. The highest BCUT2D eigenvalue weighted by molar-refractivity contribution is 7.89. The number of hydrogen-bond donors (Lipinski definition) is 3. The van der Waals surface area contributed by atoms with Gasteiger partial charge in [-0.05, 0) is 18.2 Å². The molecule has 0 fully saturated rings. The summed E-state index contributed by atoms with van der Waals surface area (Å²) < 4.78 is 26.4. The summed E-state index contributed by atoms with van der Waals surface area (Å²) in [6, 6.07) is 3.49. The first-order valence-electron chi connectivity index (χ1n) is 5.40. The van der Waals surface area contributed by atoms with Gasteiger partial charge >= 0.3 is 5.97 Å². The van der Waals surface area contributed by atoms with Gasteiger partial charge in [-0.2, -0.15) is 0 Å². The number of hydrogen-bond acceptors (Lipinski definition) is 4. The summed E-state index contributed by atoms with van der Waals surface area (Å²) in [6.45, 7) is 0.0212. The third-order valence-electron chi connectivity index (χ3n) is 2.49. The zero-order chi connectivity index (χ0) is 14.8. The number of halogens is 1. The second-order valence-electron chi connectivity index (χ2n) is 3.85. The van der Waals surface area contributed by atoms with Crippen LogP contribution in [0.5, 0.6) is 0 Å². The average Bonchev–Trinajstić information content (AvgIpc) is 2.89. The SMILES string of the molecule is O=C(O)c1cc(S(=O)(=O)NCc2cnc[nH]2)ccc1Cl. The van der Waals surface area contributed by atoms with Crippen molar-refractivity contribution in [2.24, 2.45) is 0 Å². The standard InChI is InChI=1S/C11H10ClN3O4S/c12-10-2-1-8(3-9(10)11(16)17)20(18,19)15-5-7-4-13-6-14-7/h1-4,6,15H,5H2,(H,13,14)(H,16,17). The molecule has 0 bridgehead atoms. The molecule has 0 aliphatic carbocycles. The number of aromatic nitrogens is 2. The van der Waals surface area contributed by atoms with E-state index in [1.165, 1.54) is 24.7 Å². The third-order valence-corrected chi connectivity index (χ3v) is 4.21. The lowest BCUT2D eigenvalue weighted by molar-refractivity contribution is 0.0697. The Morgan fingerprint density at radius 2 is 2.20 bits per heavy atom. The van der Waals surface area contributed by atoms with Crippen molar-refractivity contribution < 1.29 is 18.3 Å². The molecule has 0 unspecified atom stereocenters. The first-order valence-corrected chi connectivity index (χ1v) is 7.26. The van der Waals surface area contributed by atoms with Crippen molar-refractivity contribution in [3.8, 4) is 0 Å². The highest BCUT2D eigenvalue weighted by Crippen LogP contribution is 2.20. The molecule has 0 saturated carbocycles. The number of carboxylic acids is 1. The minimum Gasteiger partial charge on any atom is -0.478 e. The van der Waals surface area contributed by atoms with Crippen LogP contribution in [0, 0.1) is 0 Å². The van der Waals surface area contributed by atoms with Crippen molar-refractivity contribution in [1.29, 1.82) is 0 Å². The number of benzene rings is 1. The number of rotatable bonds is 5. The summed E-state index contributed by atoms with van der Waals surface area (Å²) >= 11 is 5.69. The number of H-pyrrole nitrogens is 1. The first-order chi connectivity index (χ1) is 9.40. The summed E-state index contributed by atoms with van der Waals surface area (Å²) in [4.78, 5) is 17.3. The maximum atomic E-state index is 12.0. The lowest BCUT2D eigenvalue weighted by Gasteiger charge is -2.07. The van der Waals surface area contributed by atoms with Gasteiger partial charge in [0.1, 0.15) is 0 Å². The summed E-state index contributed by atoms with van der Waals surface area (Å²) in [6.07, 6.45) is 2.90. The van der Waals surface area contributed by atoms with E-state index in [-0.39, 0.29) is 22.0 Å². The Hall–Kier alpha value is -1.90. The van der Waals surface area contributed by atoms with Crippen molar-refractivity contribution in [2.75, 3.05) is 0 Å². The monoisotopic (exact) mass is 315 g/mol. The van der Waals surface area contributed by atoms with Crippen LogP contribution < -0.4 is 4.72 Å². The van der Waals surface area contributed by atoms with Crippen LogP contribution in [0.3, 0.4) is 0 Å². The molecule has 3 N–H and O–H groups in total. The van der Waals surface area contributed by atoms with E-state index in [1.54, 1.807) is 0 Å². The smallest absolute Gasteiger partial charge is 0.337 e. The Morgan fingerprint density at radius 1 is 1.45 bits per heavy atom. The van der Waals surface area contributed by atoms with Crippen molar-refractivity contribution >= 4 is 27.6 Å². The predicted octanol–water partition coefficient (Wildman–Crippen LogP) is 1.24. The second-order valence-corrected chi connectivity index (χ2v) is 6.02. The van der Waals surface area contributed by atoms with Crippen molar-refractivity contribution in [1.82, 2.24) is 14.7 Å². The van der Waals surface area contributed by atoms with Crippen LogP contribution in [-0.4, -0.2) is 29.5 Å². The summed E-state index contributed by atoms with van der Waals surface area (Å²) in [5, 5.41) is 8.90. The average molecular weight is 316 g/mol. The Bertz CT molecular complexity index is 728. The zero-order valence-electron chi connectivity index (χ0n) is 10.00. The molecule has 0 amide bonds. The van der Waals surface area contributed by atoms with E-state index in [0.717, 1.165) is 6.07 Å². The number of carboxylic acid groups (broad SMARTS) is 1. The summed E-state index contributed by atoms with van der Waals surface area (Å²) in [5.41, 5.74) is 0.317. The van der Waals surface area contributed by atoms with E-state index in [4.69, 9.17) is 16.7 Å². The van der Waals surface area contributed by atoms with Gasteiger partial charge in [-0.15, -0.1) is 0 Å². The van der Waals surface area contributed by atoms with Crippen molar-refractivity contribution in [3.63, 3.8) is 0 Å². The maximum absolute atomic E-state index is 12.0. The van der Waals surface area contributed by atoms with Crippen molar-refractivity contribution in [3.05, 3.63) is 47.0 Å². The van der Waals surface area contributed by atoms with Crippen LogP contribution in [-0.2, 0) is 16.6 Å². The fraction of sp³-hybridized carbons (Fsp3) is 0.0909. The first kappa shape index (κ1) is 14.5. The number of nitrogens with zero attached hydrogens (tertiary/aromatic N) is 1. The van der Waals surface area contributed by atoms with Gasteiger partial charge in [0.15, 0.2) is 0 Å². The number of imidazole rings is 1. The molecule has 1 aromatic carbocycles. The molecule has 0 atom stereocenters. The molecule has 0 spiro atoms. The number of sulfonamides is 1. The van der Waals surface area contributed by atoms with Gasteiger partial charge in [0.25, 0.3) is 0 Å². The Kier molecular flexibility index (Phi) is 4.07. The molecule has 0 aliphatic heterocycles. The lowest BCUT2D eigenvalue weighted by atomic mass is 10.2. The van der Waals surface area contributed by atoms with Gasteiger partial charge in [0.05, 0.1) is 28.4 Å². The highest BCUT2D eigenvalue weighted by atomic mass is 35.5. The van der Waals surface area contributed by atoms with Crippen LogP contribution in [0.1, 0.15) is 16.1 Å². The number of carbonyl (C=O) groups is 1. The van der Waals surface area contributed by atoms with Gasteiger partial charge in [-0.3, -0.25) is 0 Å². The molecule has 20 heavy (non-hydrogen) atoms. The zero-order valence-corrected chi connectivity index (χ0v) is 11.6. The number of nitrogens with one attached hydrogen (secondary N) is 2. The molecule has 9 heteroatoms. The fourth-order valence-electron chi connectivity index (χ4n) is 1.47. The molecule has 0 aliphatic rings. The van der Waals surface area contributed by atoms with E-state index in [0.29, 0.717) is 5.69 Å². The molecular formula is C11H10ClN3O4S. The fourth-order valence-corrected chi connectivity index (χ4v) is 2.70. The van der Waals surface area contributed by atoms with E-state index in [9.17, 15) is 13.2 Å². The van der Waals surface area contributed by atoms with Gasteiger partial charge in [0, 0.05) is 11.9 Å². The van der Waals surface area contributed by atoms with E-state index >= 15 is 0 Å². The van der Waals surface area contributed by atoms with Crippen LogP contribution >= 0.6 is 11.6 Å². The van der Waals surface area contributed by atoms with Gasteiger partial charge in [0.2, 0.25) is 10.0 Å². The Morgan fingerprint density at radius 3 is 2.80 bits per heavy atom. The van der Waals surface area contributed by atoms with Crippen LogP contribution in [0.25, 0.3) is 0 Å². The number of aromatic carboxylic acids is 1. The second kappa shape index (κ2) is 5.61.